The van der Waals surface area contributed by atoms with Gasteiger partial charge in [-0.2, -0.15) is 0 Å². The number of amides is 1. The van der Waals surface area contributed by atoms with E-state index in [0.29, 0.717) is 17.9 Å². The molecule has 0 spiro atoms. The number of esters is 1. The second-order valence-electron chi connectivity index (χ2n) is 6.29. The average molecular weight is 409 g/mol. The normalized spacial score (nSPS) is 15.0. The van der Waals surface area contributed by atoms with Crippen LogP contribution in [0.4, 0.5) is 5.69 Å². The van der Waals surface area contributed by atoms with Crippen LogP contribution in [0.15, 0.2) is 53.4 Å². The third kappa shape index (κ3) is 4.47. The molecule has 0 radical (unpaired) electrons. The van der Waals surface area contributed by atoms with Gasteiger partial charge in [0, 0.05) is 10.7 Å². The highest BCUT2D eigenvalue weighted by Gasteiger charge is 2.52. The summed E-state index contributed by atoms with van der Waals surface area (Å²) in [5.74, 6) is -1.06. The van der Waals surface area contributed by atoms with Crippen LogP contribution in [0.25, 0.3) is 0 Å². The molecule has 0 unspecified atom stereocenters. The van der Waals surface area contributed by atoms with E-state index in [2.05, 4.69) is 5.32 Å². The highest BCUT2D eigenvalue weighted by Crippen LogP contribution is 2.49. The van der Waals surface area contributed by atoms with Gasteiger partial charge < -0.3 is 10.1 Å². The van der Waals surface area contributed by atoms with Gasteiger partial charge in [-0.05, 0) is 48.7 Å². The van der Waals surface area contributed by atoms with E-state index in [1.54, 1.807) is 24.3 Å². The largest absolute Gasteiger partial charge is 0.455 e. The molecule has 0 aromatic heterocycles. The van der Waals surface area contributed by atoms with E-state index in [4.69, 9.17) is 21.5 Å². The molecule has 0 atom stereocenters. The number of hydrogen-bond acceptors (Lipinski definition) is 5. The summed E-state index contributed by atoms with van der Waals surface area (Å²) in [4.78, 5) is 24.3. The molecule has 0 saturated heterocycles. The van der Waals surface area contributed by atoms with E-state index in [1.165, 1.54) is 24.3 Å². The average Bonchev–Trinajstić information content (AvgIpc) is 3.42. The Bertz CT molecular complexity index is 985. The van der Waals surface area contributed by atoms with Gasteiger partial charge in [0.1, 0.15) is 0 Å². The maximum absolute atomic E-state index is 12.4. The summed E-state index contributed by atoms with van der Waals surface area (Å²) in [5.41, 5.74) is 0.317. The number of nitrogens with one attached hydrogen (secondary N) is 1. The fourth-order valence-electron chi connectivity index (χ4n) is 2.72. The zero-order valence-electron chi connectivity index (χ0n) is 14.1. The molecule has 1 saturated carbocycles. The van der Waals surface area contributed by atoms with Gasteiger partial charge in [0.05, 0.1) is 10.3 Å². The first-order valence-corrected chi connectivity index (χ1v) is 9.99. The van der Waals surface area contributed by atoms with Crippen LogP contribution in [0.5, 0.6) is 0 Å². The van der Waals surface area contributed by atoms with Gasteiger partial charge in [-0.3, -0.25) is 9.59 Å². The minimum Gasteiger partial charge on any atom is -0.455 e. The van der Waals surface area contributed by atoms with Gasteiger partial charge in [0.15, 0.2) is 6.61 Å². The monoisotopic (exact) mass is 408 g/mol. The lowest BCUT2D eigenvalue weighted by Gasteiger charge is -2.15. The van der Waals surface area contributed by atoms with Crippen LogP contribution >= 0.6 is 11.6 Å². The van der Waals surface area contributed by atoms with Gasteiger partial charge in [-0.25, -0.2) is 13.6 Å². The molecular weight excluding hydrogens is 392 g/mol. The maximum Gasteiger partial charge on any atom is 0.317 e. The van der Waals surface area contributed by atoms with E-state index in [1.807, 2.05) is 0 Å². The minimum absolute atomic E-state index is 0.128. The topological polar surface area (TPSA) is 116 Å². The minimum atomic E-state index is -3.88. The third-order valence-corrected chi connectivity index (χ3v) is 5.48. The third-order valence-electron chi connectivity index (χ3n) is 4.32. The van der Waals surface area contributed by atoms with Gasteiger partial charge in [0.25, 0.3) is 5.91 Å². The fraction of sp³-hybridized carbons (Fsp3) is 0.222. The van der Waals surface area contributed by atoms with Crippen molar-refractivity contribution in [3.63, 3.8) is 0 Å². The van der Waals surface area contributed by atoms with Crippen LogP contribution < -0.4 is 10.5 Å². The van der Waals surface area contributed by atoms with Gasteiger partial charge in [0.2, 0.25) is 10.0 Å². The highest BCUT2D eigenvalue weighted by molar-refractivity contribution is 7.89. The van der Waals surface area contributed by atoms with E-state index in [-0.39, 0.29) is 10.6 Å². The highest BCUT2D eigenvalue weighted by atomic mass is 35.5. The van der Waals surface area contributed by atoms with Crippen molar-refractivity contribution in [1.82, 2.24) is 0 Å². The Morgan fingerprint density at radius 3 is 2.41 bits per heavy atom. The van der Waals surface area contributed by atoms with E-state index in [9.17, 15) is 18.0 Å². The Morgan fingerprint density at radius 1 is 1.15 bits per heavy atom. The van der Waals surface area contributed by atoms with Crippen LogP contribution in [0, 0.1) is 0 Å². The van der Waals surface area contributed by atoms with Crippen molar-refractivity contribution in [2.45, 2.75) is 23.2 Å². The molecule has 7 nitrogen and oxygen atoms in total. The van der Waals surface area contributed by atoms with Crippen molar-refractivity contribution in [1.29, 1.82) is 0 Å². The summed E-state index contributed by atoms with van der Waals surface area (Å²) < 4.78 is 27.9. The van der Waals surface area contributed by atoms with Crippen molar-refractivity contribution in [2.24, 2.45) is 5.14 Å². The molecule has 0 bridgehead atoms. The lowest BCUT2D eigenvalue weighted by atomic mass is 9.96. The van der Waals surface area contributed by atoms with E-state index < -0.39 is 33.9 Å². The number of carbonyl (C=O) groups excluding carboxylic acids is 2. The molecule has 9 heteroatoms. The summed E-state index contributed by atoms with van der Waals surface area (Å²) >= 11 is 5.87. The van der Waals surface area contributed by atoms with Crippen LogP contribution in [0.2, 0.25) is 5.02 Å². The molecule has 1 aliphatic carbocycles. The van der Waals surface area contributed by atoms with Crippen molar-refractivity contribution in [3.8, 4) is 0 Å². The molecule has 3 N–H and O–H groups in total. The molecule has 27 heavy (non-hydrogen) atoms. The summed E-state index contributed by atoms with van der Waals surface area (Å²) in [5, 5.41) is 8.10. The first-order valence-electron chi connectivity index (χ1n) is 8.07. The number of anilines is 1. The maximum atomic E-state index is 12.4. The van der Waals surface area contributed by atoms with Crippen LogP contribution in [-0.4, -0.2) is 26.9 Å². The Balaban J connectivity index is 1.60. The molecular formula is C18H17ClN2O5S. The zero-order valence-corrected chi connectivity index (χ0v) is 15.7. The van der Waals surface area contributed by atoms with Crippen molar-refractivity contribution >= 4 is 39.2 Å². The second kappa shape index (κ2) is 7.30. The molecule has 1 amide bonds. The summed E-state index contributed by atoms with van der Waals surface area (Å²) in [6.45, 7) is -0.478. The predicted molar refractivity (Wildman–Crippen MR) is 99.8 cm³/mol. The van der Waals surface area contributed by atoms with E-state index in [0.717, 1.165) is 5.56 Å². The fourth-order valence-corrected chi connectivity index (χ4v) is 3.41. The van der Waals surface area contributed by atoms with Crippen molar-refractivity contribution in [3.05, 3.63) is 59.1 Å². The molecule has 0 heterocycles. The molecule has 2 aromatic carbocycles. The smallest absolute Gasteiger partial charge is 0.317 e. The predicted octanol–water partition coefficient (Wildman–Crippen LogP) is 2.20. The Labute approximate surface area is 161 Å². The first-order chi connectivity index (χ1) is 12.7. The summed E-state index contributed by atoms with van der Waals surface area (Å²) in [6.07, 6.45) is 1.29. The lowest BCUT2D eigenvalue weighted by molar-refractivity contribution is -0.150. The number of halogens is 1. The van der Waals surface area contributed by atoms with Crippen LogP contribution in [0.1, 0.15) is 18.4 Å². The number of ether oxygens (including phenoxy) is 1. The number of rotatable bonds is 6. The van der Waals surface area contributed by atoms with Gasteiger partial charge in [-0.1, -0.05) is 29.8 Å². The number of sulfonamides is 1. The number of nitrogens with two attached hydrogens (primary N) is 1. The van der Waals surface area contributed by atoms with Gasteiger partial charge >= 0.3 is 5.97 Å². The van der Waals surface area contributed by atoms with Gasteiger partial charge in [-0.15, -0.1) is 0 Å². The Hall–Kier alpha value is -2.42. The van der Waals surface area contributed by atoms with Crippen molar-refractivity contribution in [2.75, 3.05) is 11.9 Å². The number of benzene rings is 2. The molecule has 0 aliphatic heterocycles. The van der Waals surface area contributed by atoms with E-state index >= 15 is 0 Å². The quantitative estimate of drug-likeness (QED) is 0.711. The zero-order chi connectivity index (χ0) is 19.7. The van der Waals surface area contributed by atoms with Crippen LogP contribution in [0.3, 0.4) is 0 Å². The van der Waals surface area contributed by atoms with Crippen LogP contribution in [-0.2, 0) is 29.8 Å². The standard InChI is InChI=1S/C18H17ClN2O5S/c19-13-6-4-12(5-7-13)18(8-9-18)17(23)26-11-16(22)21-14-2-1-3-15(10-14)27(20,24)25/h1-7,10H,8-9,11H2,(H,21,22)(H2,20,24,25). The first kappa shape index (κ1) is 19.3. The Morgan fingerprint density at radius 2 is 1.81 bits per heavy atom. The molecule has 3 rings (SSSR count). The number of carbonyl (C=O) groups is 2. The molecule has 2 aromatic rings. The number of primary sulfonamides is 1. The number of hydrogen-bond donors (Lipinski definition) is 2. The molecule has 1 aliphatic rings. The summed E-state index contributed by atoms with van der Waals surface area (Å²) in [6, 6.07) is 12.4. The van der Waals surface area contributed by atoms with Crippen molar-refractivity contribution < 1.29 is 22.7 Å². The second-order valence-corrected chi connectivity index (χ2v) is 8.28. The molecule has 142 valence electrons. The molecule has 1 fully saturated rings. The Kier molecular flexibility index (Phi) is 5.23. The summed E-state index contributed by atoms with van der Waals surface area (Å²) in [7, 11) is -3.88. The SMILES string of the molecule is NS(=O)(=O)c1cccc(NC(=O)COC(=O)C2(c3ccc(Cl)cc3)CC2)c1. The lowest BCUT2D eigenvalue weighted by Crippen LogP contribution is -2.28.